The number of halogens is 1. The standard InChI is InChI=1S/C24H21FN4O4/c1-2-3-12-28-22-20(23(30)27-24(28)31)29(14-17-5-4-13-32-17)21(26-22)19-11-10-18(33-19)15-6-8-16(25)9-7-15/h4-11,13H,2-3,12,14H2,1H3,(H,27,30,31). The number of nitrogens with one attached hydrogen (secondary N) is 1. The smallest absolute Gasteiger partial charge is 0.330 e. The average molecular weight is 448 g/mol. The molecule has 4 heterocycles. The maximum atomic E-state index is 13.3. The molecular formula is C24H21FN4O4. The van der Waals surface area contributed by atoms with Gasteiger partial charge in [-0.1, -0.05) is 13.3 Å². The van der Waals surface area contributed by atoms with Crippen molar-refractivity contribution in [3.63, 3.8) is 0 Å². The first-order valence-electron chi connectivity index (χ1n) is 10.7. The molecule has 9 heteroatoms. The number of hydrogen-bond donors (Lipinski definition) is 1. The Kier molecular flexibility index (Phi) is 5.29. The van der Waals surface area contributed by atoms with Crippen LogP contribution in [0, 0.1) is 5.82 Å². The first-order chi connectivity index (χ1) is 16.0. The van der Waals surface area contributed by atoms with E-state index in [-0.39, 0.29) is 17.9 Å². The number of nitrogens with zero attached hydrogens (tertiary/aromatic N) is 3. The maximum Gasteiger partial charge on any atom is 0.330 e. The van der Waals surface area contributed by atoms with Gasteiger partial charge in [0.05, 0.1) is 12.8 Å². The highest BCUT2D eigenvalue weighted by Crippen LogP contribution is 2.30. The predicted octanol–water partition coefficient (Wildman–Crippen LogP) is 4.39. The van der Waals surface area contributed by atoms with Gasteiger partial charge in [0.15, 0.2) is 22.7 Å². The maximum absolute atomic E-state index is 13.3. The molecule has 0 saturated carbocycles. The molecule has 0 spiro atoms. The number of benzene rings is 1. The fourth-order valence-electron chi connectivity index (χ4n) is 3.82. The SMILES string of the molecule is CCCCn1c(=O)[nH]c(=O)c2c1nc(-c1ccc(-c3ccc(F)cc3)o1)n2Cc1ccco1. The third-order valence-corrected chi connectivity index (χ3v) is 5.47. The molecule has 8 nitrogen and oxygen atoms in total. The van der Waals surface area contributed by atoms with E-state index in [0.717, 1.165) is 12.8 Å². The van der Waals surface area contributed by atoms with Crippen molar-refractivity contribution in [1.29, 1.82) is 0 Å². The topological polar surface area (TPSA) is 99.0 Å². The van der Waals surface area contributed by atoms with E-state index in [4.69, 9.17) is 8.83 Å². The summed E-state index contributed by atoms with van der Waals surface area (Å²) in [5.74, 6) is 1.60. The lowest BCUT2D eigenvalue weighted by molar-refractivity contribution is 0.495. The van der Waals surface area contributed by atoms with Gasteiger partial charge in [0, 0.05) is 12.1 Å². The van der Waals surface area contributed by atoms with Crippen LogP contribution in [0.4, 0.5) is 4.39 Å². The largest absolute Gasteiger partial charge is 0.467 e. The summed E-state index contributed by atoms with van der Waals surface area (Å²) in [6.45, 7) is 2.67. The van der Waals surface area contributed by atoms with Gasteiger partial charge in [-0.3, -0.25) is 14.3 Å². The highest BCUT2D eigenvalue weighted by atomic mass is 19.1. The lowest BCUT2D eigenvalue weighted by Crippen LogP contribution is -2.31. The molecule has 0 amide bonds. The van der Waals surface area contributed by atoms with Gasteiger partial charge in [0.25, 0.3) is 5.56 Å². The van der Waals surface area contributed by atoms with E-state index < -0.39 is 11.2 Å². The quantitative estimate of drug-likeness (QED) is 0.398. The Labute approximate surface area is 186 Å². The van der Waals surface area contributed by atoms with Crippen molar-refractivity contribution in [2.45, 2.75) is 32.9 Å². The van der Waals surface area contributed by atoms with Gasteiger partial charge in [-0.05, 0) is 55.0 Å². The minimum Gasteiger partial charge on any atom is -0.467 e. The van der Waals surface area contributed by atoms with Gasteiger partial charge >= 0.3 is 5.69 Å². The second-order valence-corrected chi connectivity index (χ2v) is 7.71. The Morgan fingerprint density at radius 1 is 1.03 bits per heavy atom. The second kappa shape index (κ2) is 8.42. The third-order valence-electron chi connectivity index (χ3n) is 5.47. The lowest BCUT2D eigenvalue weighted by atomic mass is 10.2. The highest BCUT2D eigenvalue weighted by Gasteiger charge is 2.22. The molecule has 0 radical (unpaired) electrons. The van der Waals surface area contributed by atoms with Gasteiger partial charge < -0.3 is 13.4 Å². The van der Waals surface area contributed by atoms with Crippen LogP contribution in [0.1, 0.15) is 25.5 Å². The highest BCUT2D eigenvalue weighted by molar-refractivity contribution is 5.76. The van der Waals surface area contributed by atoms with Crippen molar-refractivity contribution in [3.05, 3.63) is 87.2 Å². The molecule has 0 aliphatic rings. The average Bonchev–Trinajstić information content (AvgIpc) is 3.55. The van der Waals surface area contributed by atoms with E-state index in [9.17, 15) is 14.0 Å². The summed E-state index contributed by atoms with van der Waals surface area (Å²) in [4.78, 5) is 32.5. The Bertz CT molecular complexity index is 1520. The molecule has 1 aromatic carbocycles. The van der Waals surface area contributed by atoms with E-state index in [0.29, 0.717) is 40.9 Å². The van der Waals surface area contributed by atoms with E-state index in [1.54, 1.807) is 47.2 Å². The summed E-state index contributed by atoms with van der Waals surface area (Å²) in [6, 6.07) is 13.0. The van der Waals surface area contributed by atoms with Gasteiger partial charge in [-0.15, -0.1) is 0 Å². The molecule has 0 bridgehead atoms. The van der Waals surface area contributed by atoms with Crippen LogP contribution >= 0.6 is 0 Å². The van der Waals surface area contributed by atoms with Crippen LogP contribution in [-0.2, 0) is 13.1 Å². The van der Waals surface area contributed by atoms with Crippen molar-refractivity contribution in [3.8, 4) is 22.9 Å². The minimum atomic E-state index is -0.529. The van der Waals surface area contributed by atoms with Gasteiger partial charge in [-0.2, -0.15) is 0 Å². The fraction of sp³-hybridized carbons (Fsp3) is 0.208. The Morgan fingerprint density at radius 3 is 2.55 bits per heavy atom. The van der Waals surface area contributed by atoms with Crippen molar-refractivity contribution < 1.29 is 13.2 Å². The van der Waals surface area contributed by atoms with Crippen LogP contribution in [0.15, 0.2) is 73.2 Å². The summed E-state index contributed by atoms with van der Waals surface area (Å²) < 4.78 is 28.0. The molecule has 5 aromatic rings. The molecule has 33 heavy (non-hydrogen) atoms. The molecule has 1 N–H and O–H groups in total. The number of rotatable bonds is 7. The van der Waals surface area contributed by atoms with Crippen molar-refractivity contribution >= 4 is 11.2 Å². The zero-order valence-electron chi connectivity index (χ0n) is 17.9. The van der Waals surface area contributed by atoms with Crippen LogP contribution in [0.2, 0.25) is 0 Å². The number of imidazole rings is 1. The molecule has 0 atom stereocenters. The van der Waals surface area contributed by atoms with Crippen molar-refractivity contribution in [2.75, 3.05) is 0 Å². The molecule has 4 aromatic heterocycles. The van der Waals surface area contributed by atoms with Crippen LogP contribution < -0.4 is 11.2 Å². The Hall–Kier alpha value is -4.14. The first-order valence-corrected chi connectivity index (χ1v) is 10.7. The Balaban J connectivity index is 1.71. The van der Waals surface area contributed by atoms with E-state index in [1.807, 2.05) is 6.92 Å². The number of furan rings is 2. The number of aryl methyl sites for hydroxylation is 1. The third kappa shape index (κ3) is 3.82. The molecule has 0 aliphatic heterocycles. The van der Waals surface area contributed by atoms with E-state index in [2.05, 4.69) is 9.97 Å². The predicted molar refractivity (Wildman–Crippen MR) is 120 cm³/mol. The van der Waals surface area contributed by atoms with Gasteiger partial charge in [0.2, 0.25) is 0 Å². The first kappa shape index (κ1) is 20.7. The molecule has 0 fully saturated rings. The zero-order chi connectivity index (χ0) is 22.9. The molecule has 5 rings (SSSR count). The summed E-state index contributed by atoms with van der Waals surface area (Å²) in [5, 5.41) is 0. The number of fused-ring (bicyclic) bond motifs is 1. The van der Waals surface area contributed by atoms with Crippen LogP contribution in [0.3, 0.4) is 0 Å². The van der Waals surface area contributed by atoms with Gasteiger partial charge in [0.1, 0.15) is 17.3 Å². The van der Waals surface area contributed by atoms with Gasteiger partial charge in [-0.25, -0.2) is 14.2 Å². The summed E-state index contributed by atoms with van der Waals surface area (Å²) >= 11 is 0. The normalized spacial score (nSPS) is 11.5. The lowest BCUT2D eigenvalue weighted by Gasteiger charge is -2.07. The molecule has 0 aliphatic carbocycles. The number of hydrogen-bond acceptors (Lipinski definition) is 5. The fourth-order valence-corrected chi connectivity index (χ4v) is 3.82. The molecule has 0 unspecified atom stereocenters. The summed E-state index contributed by atoms with van der Waals surface area (Å²) in [5.41, 5.74) is 0.226. The van der Waals surface area contributed by atoms with Crippen molar-refractivity contribution in [1.82, 2.24) is 19.1 Å². The van der Waals surface area contributed by atoms with E-state index in [1.165, 1.54) is 16.7 Å². The monoisotopic (exact) mass is 448 g/mol. The second-order valence-electron chi connectivity index (χ2n) is 7.71. The summed E-state index contributed by atoms with van der Waals surface area (Å²) in [7, 11) is 0. The Morgan fingerprint density at radius 2 is 1.82 bits per heavy atom. The molecule has 168 valence electrons. The molecular weight excluding hydrogens is 427 g/mol. The van der Waals surface area contributed by atoms with Crippen LogP contribution in [0.25, 0.3) is 34.1 Å². The number of aromatic nitrogens is 4. The minimum absolute atomic E-state index is 0.223. The summed E-state index contributed by atoms with van der Waals surface area (Å²) in [6.07, 6.45) is 3.19. The van der Waals surface area contributed by atoms with Crippen LogP contribution in [-0.4, -0.2) is 19.1 Å². The number of H-pyrrole nitrogens is 1. The van der Waals surface area contributed by atoms with Crippen LogP contribution in [0.5, 0.6) is 0 Å². The molecule has 0 saturated heterocycles. The number of aromatic amines is 1. The van der Waals surface area contributed by atoms with E-state index >= 15 is 0 Å². The number of unbranched alkanes of at least 4 members (excludes halogenated alkanes) is 1. The van der Waals surface area contributed by atoms with Crippen molar-refractivity contribution in [2.24, 2.45) is 0 Å². The zero-order valence-corrected chi connectivity index (χ0v) is 17.9.